The maximum Gasteiger partial charge on any atom is 0.321 e. The third-order valence-electron chi connectivity index (χ3n) is 1.95. The van der Waals surface area contributed by atoms with Crippen LogP contribution in [0.25, 0.3) is 0 Å². The van der Waals surface area contributed by atoms with Gasteiger partial charge in [0.25, 0.3) is 0 Å². The predicted molar refractivity (Wildman–Crippen MR) is 67.7 cm³/mol. The molecule has 0 aliphatic heterocycles. The molecular formula is C10H11Cl2NO2S. The predicted octanol–water partition coefficient (Wildman–Crippen LogP) is 2.76. The van der Waals surface area contributed by atoms with Crippen LogP contribution in [0.15, 0.2) is 23.1 Å². The lowest BCUT2D eigenvalue weighted by molar-refractivity contribution is -0.138. The SMILES string of the molecule is CNC(CSc1ccc(Cl)c(Cl)c1)C(=O)O. The van der Waals surface area contributed by atoms with Gasteiger partial charge in [-0.2, -0.15) is 0 Å². The number of likely N-dealkylation sites (N-methyl/N-ethyl adjacent to an activating group) is 1. The highest BCUT2D eigenvalue weighted by Gasteiger charge is 2.14. The topological polar surface area (TPSA) is 49.3 Å². The minimum Gasteiger partial charge on any atom is -0.480 e. The number of nitrogens with one attached hydrogen (secondary N) is 1. The van der Waals surface area contributed by atoms with Gasteiger partial charge in [-0.1, -0.05) is 23.2 Å². The Labute approximate surface area is 108 Å². The lowest BCUT2D eigenvalue weighted by atomic mass is 10.3. The first-order chi connectivity index (χ1) is 7.54. The van der Waals surface area contributed by atoms with Crippen molar-refractivity contribution in [1.82, 2.24) is 5.32 Å². The van der Waals surface area contributed by atoms with Crippen molar-refractivity contribution in [2.75, 3.05) is 12.8 Å². The van der Waals surface area contributed by atoms with Gasteiger partial charge in [0, 0.05) is 10.6 Å². The lowest BCUT2D eigenvalue weighted by Crippen LogP contribution is -2.35. The molecule has 6 heteroatoms. The van der Waals surface area contributed by atoms with Crippen LogP contribution in [0.3, 0.4) is 0 Å². The van der Waals surface area contributed by atoms with Gasteiger partial charge < -0.3 is 10.4 Å². The van der Waals surface area contributed by atoms with E-state index in [1.165, 1.54) is 11.8 Å². The van der Waals surface area contributed by atoms with Gasteiger partial charge in [0.1, 0.15) is 6.04 Å². The van der Waals surface area contributed by atoms with Gasteiger partial charge >= 0.3 is 5.97 Å². The van der Waals surface area contributed by atoms with Crippen molar-refractivity contribution in [3.8, 4) is 0 Å². The summed E-state index contributed by atoms with van der Waals surface area (Å²) < 4.78 is 0. The van der Waals surface area contributed by atoms with E-state index in [9.17, 15) is 4.79 Å². The molecule has 0 bridgehead atoms. The summed E-state index contributed by atoms with van der Waals surface area (Å²) in [5, 5.41) is 12.5. The van der Waals surface area contributed by atoms with E-state index in [4.69, 9.17) is 28.3 Å². The molecule has 0 radical (unpaired) electrons. The fourth-order valence-corrected chi connectivity index (χ4v) is 2.42. The molecule has 3 nitrogen and oxygen atoms in total. The van der Waals surface area contributed by atoms with Crippen LogP contribution in [-0.4, -0.2) is 29.9 Å². The second-order valence-electron chi connectivity index (χ2n) is 3.07. The zero-order chi connectivity index (χ0) is 12.1. The van der Waals surface area contributed by atoms with Gasteiger partial charge in [0.15, 0.2) is 0 Å². The molecule has 1 atom stereocenters. The summed E-state index contributed by atoms with van der Waals surface area (Å²) in [6.45, 7) is 0. The van der Waals surface area contributed by atoms with E-state index >= 15 is 0 Å². The zero-order valence-electron chi connectivity index (χ0n) is 8.54. The molecule has 0 aromatic heterocycles. The average molecular weight is 280 g/mol. The Bertz CT molecular complexity index is 387. The van der Waals surface area contributed by atoms with Gasteiger partial charge in [0.05, 0.1) is 10.0 Å². The highest BCUT2D eigenvalue weighted by atomic mass is 35.5. The van der Waals surface area contributed by atoms with Crippen molar-refractivity contribution < 1.29 is 9.90 Å². The standard InChI is InChI=1S/C10H11Cl2NO2S/c1-13-9(10(14)15)5-16-6-2-3-7(11)8(12)4-6/h2-4,9,13H,5H2,1H3,(H,14,15). The number of carboxylic acids is 1. The van der Waals surface area contributed by atoms with E-state index < -0.39 is 12.0 Å². The Kier molecular flexibility index (Phi) is 5.41. The number of aliphatic carboxylic acids is 1. The van der Waals surface area contributed by atoms with Gasteiger partial charge in [-0.25, -0.2) is 0 Å². The normalized spacial score (nSPS) is 12.4. The van der Waals surface area contributed by atoms with Crippen molar-refractivity contribution in [3.05, 3.63) is 28.2 Å². The number of hydrogen-bond acceptors (Lipinski definition) is 3. The molecule has 1 unspecified atom stereocenters. The quantitative estimate of drug-likeness (QED) is 0.814. The fraction of sp³-hybridized carbons (Fsp3) is 0.300. The molecule has 0 saturated heterocycles. The molecule has 16 heavy (non-hydrogen) atoms. The molecule has 2 N–H and O–H groups in total. The van der Waals surface area contributed by atoms with E-state index in [-0.39, 0.29) is 0 Å². The first kappa shape index (κ1) is 13.6. The van der Waals surface area contributed by atoms with Crippen LogP contribution >= 0.6 is 35.0 Å². The van der Waals surface area contributed by atoms with Crippen LogP contribution < -0.4 is 5.32 Å². The molecule has 0 spiro atoms. The number of halogens is 2. The summed E-state index contributed by atoms with van der Waals surface area (Å²) in [5.41, 5.74) is 0. The molecule has 0 fully saturated rings. The minimum absolute atomic E-state index is 0.434. The number of carboxylic acid groups (broad SMARTS) is 1. The van der Waals surface area contributed by atoms with Gasteiger partial charge in [-0.15, -0.1) is 11.8 Å². The summed E-state index contributed by atoms with van der Waals surface area (Å²) in [6, 6.07) is 4.66. The second-order valence-corrected chi connectivity index (χ2v) is 4.97. The number of benzene rings is 1. The highest BCUT2D eigenvalue weighted by Crippen LogP contribution is 2.28. The Morgan fingerprint density at radius 1 is 1.50 bits per heavy atom. The van der Waals surface area contributed by atoms with E-state index in [1.54, 1.807) is 19.2 Å². The number of rotatable bonds is 5. The molecule has 0 heterocycles. The van der Waals surface area contributed by atoms with Gasteiger partial charge in [-0.05, 0) is 25.2 Å². The summed E-state index contributed by atoms with van der Waals surface area (Å²) in [5.74, 6) is -0.431. The minimum atomic E-state index is -0.866. The lowest BCUT2D eigenvalue weighted by Gasteiger charge is -2.10. The molecule has 1 aromatic carbocycles. The van der Waals surface area contributed by atoms with Gasteiger partial charge in [0.2, 0.25) is 0 Å². The summed E-state index contributed by atoms with van der Waals surface area (Å²) >= 11 is 13.0. The van der Waals surface area contributed by atoms with E-state index in [0.29, 0.717) is 15.8 Å². The van der Waals surface area contributed by atoms with Crippen LogP contribution in [0.4, 0.5) is 0 Å². The molecule has 0 aliphatic carbocycles. The van der Waals surface area contributed by atoms with Crippen molar-refractivity contribution >= 4 is 40.9 Å². The number of carbonyl (C=O) groups is 1. The van der Waals surface area contributed by atoms with Crippen molar-refractivity contribution in [1.29, 1.82) is 0 Å². The summed E-state index contributed by atoms with van der Waals surface area (Å²) in [6.07, 6.45) is 0. The Hall–Kier alpha value is -0.420. The summed E-state index contributed by atoms with van der Waals surface area (Å²) in [4.78, 5) is 11.6. The Morgan fingerprint density at radius 3 is 2.69 bits per heavy atom. The smallest absolute Gasteiger partial charge is 0.321 e. The van der Waals surface area contributed by atoms with Crippen LogP contribution in [-0.2, 0) is 4.79 Å². The van der Waals surface area contributed by atoms with E-state index in [0.717, 1.165) is 4.90 Å². The maximum absolute atomic E-state index is 10.7. The van der Waals surface area contributed by atoms with Crippen LogP contribution in [0.2, 0.25) is 10.0 Å². The van der Waals surface area contributed by atoms with Crippen LogP contribution in [0, 0.1) is 0 Å². The van der Waals surface area contributed by atoms with Crippen molar-refractivity contribution in [3.63, 3.8) is 0 Å². The molecule has 0 aliphatic rings. The molecule has 0 amide bonds. The third kappa shape index (κ3) is 3.87. The Morgan fingerprint density at radius 2 is 2.19 bits per heavy atom. The number of hydrogen-bond donors (Lipinski definition) is 2. The third-order valence-corrected chi connectivity index (χ3v) is 3.78. The van der Waals surface area contributed by atoms with Crippen LogP contribution in [0.5, 0.6) is 0 Å². The monoisotopic (exact) mass is 279 g/mol. The summed E-state index contributed by atoms with van der Waals surface area (Å²) in [7, 11) is 1.62. The largest absolute Gasteiger partial charge is 0.480 e. The highest BCUT2D eigenvalue weighted by molar-refractivity contribution is 7.99. The van der Waals surface area contributed by atoms with Crippen LogP contribution in [0.1, 0.15) is 0 Å². The first-order valence-electron chi connectivity index (χ1n) is 4.52. The average Bonchev–Trinajstić information content (AvgIpc) is 2.23. The molecule has 0 saturated carbocycles. The molecule has 1 aromatic rings. The fourth-order valence-electron chi connectivity index (χ4n) is 1.02. The zero-order valence-corrected chi connectivity index (χ0v) is 10.9. The Balaban J connectivity index is 2.60. The number of thioether (sulfide) groups is 1. The van der Waals surface area contributed by atoms with Gasteiger partial charge in [-0.3, -0.25) is 4.79 Å². The second kappa shape index (κ2) is 6.35. The van der Waals surface area contributed by atoms with Crippen molar-refractivity contribution in [2.24, 2.45) is 0 Å². The molecule has 88 valence electrons. The van der Waals surface area contributed by atoms with Crippen molar-refractivity contribution in [2.45, 2.75) is 10.9 Å². The van der Waals surface area contributed by atoms with E-state index in [1.807, 2.05) is 6.07 Å². The first-order valence-corrected chi connectivity index (χ1v) is 6.26. The maximum atomic E-state index is 10.7. The molecule has 1 rings (SSSR count). The van der Waals surface area contributed by atoms with E-state index in [2.05, 4.69) is 5.32 Å². The molecular weight excluding hydrogens is 269 g/mol.